The number of hydrogen-bond donors (Lipinski definition) is 2. The monoisotopic (exact) mass is 497 g/mol. The molecule has 2 N–H and O–H groups in total. The predicted molar refractivity (Wildman–Crippen MR) is 130 cm³/mol. The van der Waals surface area contributed by atoms with Gasteiger partial charge in [0.05, 0.1) is 26.6 Å². The van der Waals surface area contributed by atoms with Gasteiger partial charge in [0, 0.05) is 16.0 Å². The molecule has 0 spiro atoms. The zero-order chi connectivity index (χ0) is 23.1. The Morgan fingerprint density at radius 1 is 1.03 bits per heavy atom. The normalized spacial score (nSPS) is 11.7. The predicted octanol–water partition coefficient (Wildman–Crippen LogP) is 7.16. The third-order valence-electron chi connectivity index (χ3n) is 5.09. The van der Waals surface area contributed by atoms with Crippen molar-refractivity contribution in [2.24, 2.45) is 10.2 Å². The zero-order valence-corrected chi connectivity index (χ0v) is 19.0. The highest BCUT2D eigenvalue weighted by Crippen LogP contribution is 2.37. The number of aromatic amines is 1. The number of aromatic hydroxyl groups is 1. The molecule has 0 atom stereocenters. The van der Waals surface area contributed by atoms with Crippen LogP contribution in [0.5, 0.6) is 5.88 Å². The Kier molecular flexibility index (Phi) is 5.54. The number of rotatable bonds is 4. The molecule has 0 unspecified atom stereocenters. The SMILES string of the molecule is O=C(Cn1c(-c2ccccc2)nc2cc(Cl)c(Cl)cc21)N=Nc1c(O)[nH]c2ccc(Cl)cc12. The summed E-state index contributed by atoms with van der Waals surface area (Å²) in [7, 11) is 0. The summed E-state index contributed by atoms with van der Waals surface area (Å²) in [6.07, 6.45) is 0. The Labute approximate surface area is 202 Å². The second-order valence-electron chi connectivity index (χ2n) is 7.25. The fourth-order valence-corrected chi connectivity index (χ4v) is 4.09. The third-order valence-corrected chi connectivity index (χ3v) is 6.05. The standard InChI is InChI=1S/C23H14Cl3N5O2/c24-13-6-7-17-14(8-13)21(23(33)28-17)30-29-20(32)11-31-19-10-16(26)15(25)9-18(19)27-22(31)12-4-2-1-3-5-12/h1-10,28,33H,11H2. The molecule has 0 fully saturated rings. The van der Waals surface area contributed by atoms with E-state index in [1.165, 1.54) is 0 Å². The van der Waals surface area contributed by atoms with Crippen LogP contribution in [0, 0.1) is 0 Å². The maximum absolute atomic E-state index is 12.8. The van der Waals surface area contributed by atoms with Crippen LogP contribution in [0.4, 0.5) is 5.69 Å². The molecule has 3 aromatic carbocycles. The van der Waals surface area contributed by atoms with Crippen LogP contribution in [0.1, 0.15) is 0 Å². The van der Waals surface area contributed by atoms with Crippen molar-refractivity contribution in [3.8, 4) is 17.3 Å². The fourth-order valence-electron chi connectivity index (χ4n) is 3.60. The van der Waals surface area contributed by atoms with E-state index in [9.17, 15) is 9.90 Å². The number of nitrogens with zero attached hydrogens (tertiary/aromatic N) is 4. The summed E-state index contributed by atoms with van der Waals surface area (Å²) in [6, 6.07) is 17.8. The van der Waals surface area contributed by atoms with E-state index in [-0.39, 0.29) is 18.1 Å². The van der Waals surface area contributed by atoms with Crippen LogP contribution in [0.25, 0.3) is 33.3 Å². The van der Waals surface area contributed by atoms with Crippen LogP contribution in [0.3, 0.4) is 0 Å². The Hall–Kier alpha value is -3.39. The van der Waals surface area contributed by atoms with E-state index in [1.54, 1.807) is 34.9 Å². The molecule has 2 heterocycles. The Bertz CT molecular complexity index is 1560. The highest BCUT2D eigenvalue weighted by atomic mass is 35.5. The minimum Gasteiger partial charge on any atom is -0.493 e. The van der Waals surface area contributed by atoms with E-state index in [0.29, 0.717) is 42.8 Å². The van der Waals surface area contributed by atoms with Crippen LogP contribution in [-0.2, 0) is 11.3 Å². The number of amides is 1. The van der Waals surface area contributed by atoms with E-state index in [4.69, 9.17) is 34.8 Å². The molecular weight excluding hydrogens is 485 g/mol. The maximum atomic E-state index is 12.8. The number of carbonyl (C=O) groups excluding carboxylic acids is 1. The summed E-state index contributed by atoms with van der Waals surface area (Å²) in [6.45, 7) is -0.147. The van der Waals surface area contributed by atoms with Gasteiger partial charge in [0.25, 0.3) is 5.91 Å². The minimum absolute atomic E-state index is 0.134. The van der Waals surface area contributed by atoms with Gasteiger partial charge in [-0.05, 0) is 30.3 Å². The first-order chi connectivity index (χ1) is 15.9. The molecule has 0 radical (unpaired) electrons. The molecule has 0 bridgehead atoms. The highest BCUT2D eigenvalue weighted by molar-refractivity contribution is 6.42. The highest BCUT2D eigenvalue weighted by Gasteiger charge is 2.18. The number of H-pyrrole nitrogens is 1. The lowest BCUT2D eigenvalue weighted by Crippen LogP contribution is -2.08. The van der Waals surface area contributed by atoms with Crippen molar-refractivity contribution in [3.05, 3.63) is 75.7 Å². The van der Waals surface area contributed by atoms with Gasteiger partial charge in [-0.1, -0.05) is 65.1 Å². The minimum atomic E-state index is -0.548. The summed E-state index contributed by atoms with van der Waals surface area (Å²) in [4.78, 5) is 20.2. The molecule has 0 aliphatic carbocycles. The van der Waals surface area contributed by atoms with E-state index >= 15 is 0 Å². The first kappa shape index (κ1) is 21.5. The van der Waals surface area contributed by atoms with Crippen LogP contribution in [-0.4, -0.2) is 25.5 Å². The molecule has 0 saturated heterocycles. The lowest BCUT2D eigenvalue weighted by atomic mass is 10.2. The number of imidazole rings is 1. The Morgan fingerprint density at radius 3 is 2.58 bits per heavy atom. The van der Waals surface area contributed by atoms with Crippen LogP contribution in [0.2, 0.25) is 15.1 Å². The Morgan fingerprint density at radius 2 is 1.79 bits per heavy atom. The van der Waals surface area contributed by atoms with Gasteiger partial charge >= 0.3 is 0 Å². The van der Waals surface area contributed by atoms with Crippen molar-refractivity contribution in [1.82, 2.24) is 14.5 Å². The third kappa shape index (κ3) is 4.06. The molecule has 1 amide bonds. The number of nitrogens with one attached hydrogen (secondary N) is 1. The summed E-state index contributed by atoms with van der Waals surface area (Å²) in [5, 5.41) is 19.7. The Balaban J connectivity index is 1.54. The summed E-state index contributed by atoms with van der Waals surface area (Å²) >= 11 is 18.4. The summed E-state index contributed by atoms with van der Waals surface area (Å²) < 4.78 is 1.71. The van der Waals surface area contributed by atoms with Crippen LogP contribution in [0.15, 0.2) is 70.9 Å². The molecule has 5 aromatic rings. The second-order valence-corrected chi connectivity index (χ2v) is 8.50. The molecular formula is C23H14Cl3N5O2. The molecule has 7 nitrogen and oxygen atoms in total. The van der Waals surface area contributed by atoms with E-state index in [0.717, 1.165) is 5.56 Å². The van der Waals surface area contributed by atoms with Gasteiger partial charge in [0.2, 0.25) is 5.88 Å². The lowest BCUT2D eigenvalue weighted by Gasteiger charge is -2.07. The van der Waals surface area contributed by atoms with Crippen molar-refractivity contribution >= 4 is 68.3 Å². The summed E-state index contributed by atoms with van der Waals surface area (Å²) in [5.74, 6) is -0.189. The van der Waals surface area contributed by atoms with E-state index in [1.807, 2.05) is 30.3 Å². The summed E-state index contributed by atoms with van der Waals surface area (Å²) in [5.41, 5.74) is 2.80. The van der Waals surface area contributed by atoms with Crippen molar-refractivity contribution < 1.29 is 9.90 Å². The molecule has 33 heavy (non-hydrogen) atoms. The van der Waals surface area contributed by atoms with Gasteiger partial charge in [-0.15, -0.1) is 10.2 Å². The van der Waals surface area contributed by atoms with Gasteiger partial charge in [0.15, 0.2) is 5.69 Å². The lowest BCUT2D eigenvalue weighted by molar-refractivity contribution is -0.118. The largest absolute Gasteiger partial charge is 0.493 e. The van der Waals surface area contributed by atoms with Crippen molar-refractivity contribution in [1.29, 1.82) is 0 Å². The fraction of sp³-hybridized carbons (Fsp3) is 0.0435. The number of carbonyl (C=O) groups is 1. The molecule has 0 aliphatic rings. The number of aromatic nitrogens is 3. The van der Waals surface area contributed by atoms with Crippen molar-refractivity contribution in [2.45, 2.75) is 6.54 Å². The van der Waals surface area contributed by atoms with Gasteiger partial charge in [-0.25, -0.2) is 4.98 Å². The van der Waals surface area contributed by atoms with Gasteiger partial charge < -0.3 is 14.7 Å². The molecule has 5 rings (SSSR count). The van der Waals surface area contributed by atoms with Crippen molar-refractivity contribution in [3.63, 3.8) is 0 Å². The first-order valence-corrected chi connectivity index (χ1v) is 10.9. The van der Waals surface area contributed by atoms with Crippen LogP contribution >= 0.6 is 34.8 Å². The van der Waals surface area contributed by atoms with E-state index < -0.39 is 5.91 Å². The van der Waals surface area contributed by atoms with Crippen molar-refractivity contribution in [2.75, 3.05) is 0 Å². The van der Waals surface area contributed by atoms with Gasteiger partial charge in [0.1, 0.15) is 12.4 Å². The molecule has 2 aromatic heterocycles. The number of benzene rings is 3. The average Bonchev–Trinajstić information content (AvgIpc) is 3.29. The maximum Gasteiger partial charge on any atom is 0.284 e. The molecule has 10 heteroatoms. The van der Waals surface area contributed by atoms with E-state index in [2.05, 4.69) is 20.2 Å². The molecule has 0 saturated carbocycles. The zero-order valence-electron chi connectivity index (χ0n) is 16.8. The average molecular weight is 499 g/mol. The van der Waals surface area contributed by atoms with Crippen LogP contribution < -0.4 is 0 Å². The topological polar surface area (TPSA) is 95.6 Å². The van der Waals surface area contributed by atoms with Gasteiger partial charge in [-0.3, -0.25) is 4.79 Å². The molecule has 164 valence electrons. The number of fused-ring (bicyclic) bond motifs is 2. The number of halogens is 3. The van der Waals surface area contributed by atoms with Gasteiger partial charge in [-0.2, -0.15) is 0 Å². The second kappa shape index (κ2) is 8.51. The number of hydrogen-bond acceptors (Lipinski definition) is 4. The first-order valence-electron chi connectivity index (χ1n) is 9.76. The smallest absolute Gasteiger partial charge is 0.284 e. The quantitative estimate of drug-likeness (QED) is 0.257. The number of azo groups is 1. The molecule has 0 aliphatic heterocycles.